The van der Waals surface area contributed by atoms with Crippen molar-refractivity contribution in [2.75, 3.05) is 25.3 Å². The first-order valence-electron chi connectivity index (χ1n) is 11.5. The number of nitrogens with zero attached hydrogens (tertiary/aromatic N) is 2. The van der Waals surface area contributed by atoms with Crippen LogP contribution in [0.4, 0.5) is 20.2 Å². The number of pyridine rings is 2. The number of rotatable bonds is 6. The second-order valence-electron chi connectivity index (χ2n) is 7.77. The molecule has 0 aliphatic rings. The molecule has 0 unspecified atom stereocenters. The van der Waals surface area contributed by atoms with E-state index in [1.807, 2.05) is 0 Å². The van der Waals surface area contributed by atoms with E-state index in [0.717, 1.165) is 5.69 Å². The van der Waals surface area contributed by atoms with Crippen LogP contribution in [0.5, 0.6) is 0 Å². The number of carbonyl (C=O) groups is 3. The summed E-state index contributed by atoms with van der Waals surface area (Å²) in [5.74, 6) is -1.79. The number of methoxy groups -OCH3 is 2. The van der Waals surface area contributed by atoms with Gasteiger partial charge in [0.2, 0.25) is 0 Å². The van der Waals surface area contributed by atoms with Gasteiger partial charge in [-0.25, -0.2) is 18.4 Å². The standard InChI is InChI=1S/C14H12ClFN2O2.C8H7NO3.C6H5ClFN/c1-20-14(19)9-2-3-11(17-7-9)8-18-10-4-5-13(16)12(15)6-10;1-12-8(11)6-2-3-7(5-10)9-4-6;7-5-3-4(9)1-2-6(5)8/h2-7,18H,8H2,1H3;2-5H,1H3;1-3H,9H2. The number of aldehydes is 1. The van der Waals surface area contributed by atoms with Crippen molar-refractivity contribution in [1.29, 1.82) is 0 Å². The Kier molecular flexibility index (Phi) is 13.1. The molecule has 2 heterocycles. The van der Waals surface area contributed by atoms with E-state index < -0.39 is 23.6 Å². The Balaban J connectivity index is 0.000000237. The number of halogens is 4. The lowest BCUT2D eigenvalue weighted by atomic mass is 10.2. The topological polar surface area (TPSA) is 134 Å². The second-order valence-corrected chi connectivity index (χ2v) is 8.58. The molecule has 0 atom stereocenters. The largest absolute Gasteiger partial charge is 0.465 e. The maximum Gasteiger partial charge on any atom is 0.339 e. The summed E-state index contributed by atoms with van der Waals surface area (Å²) in [5.41, 5.74) is 8.19. The average molecular weight is 605 g/mol. The van der Waals surface area contributed by atoms with Crippen molar-refractivity contribution in [3.63, 3.8) is 0 Å². The number of ether oxygens (including phenoxy) is 2. The number of nitrogens with one attached hydrogen (secondary N) is 1. The van der Waals surface area contributed by atoms with Crippen LogP contribution < -0.4 is 11.1 Å². The van der Waals surface area contributed by atoms with Gasteiger partial charge in [-0.2, -0.15) is 0 Å². The molecule has 0 saturated heterocycles. The lowest BCUT2D eigenvalue weighted by Gasteiger charge is -2.07. The van der Waals surface area contributed by atoms with Gasteiger partial charge in [0.1, 0.15) is 17.3 Å². The maximum atomic E-state index is 13.0. The van der Waals surface area contributed by atoms with Crippen LogP contribution in [0.2, 0.25) is 10.0 Å². The number of carbonyl (C=O) groups excluding carboxylic acids is 3. The third-order valence-electron chi connectivity index (χ3n) is 4.91. The Labute approximate surface area is 244 Å². The van der Waals surface area contributed by atoms with E-state index in [4.69, 9.17) is 28.9 Å². The molecule has 214 valence electrons. The zero-order valence-corrected chi connectivity index (χ0v) is 23.2. The first kappa shape index (κ1) is 32.6. The van der Waals surface area contributed by atoms with Gasteiger partial charge < -0.3 is 20.5 Å². The van der Waals surface area contributed by atoms with Crippen molar-refractivity contribution in [3.05, 3.63) is 117 Å². The molecule has 4 aromatic rings. The predicted molar refractivity (Wildman–Crippen MR) is 151 cm³/mol. The molecule has 4 rings (SSSR count). The molecular formula is C28H24Cl2F2N4O5. The summed E-state index contributed by atoms with van der Waals surface area (Å²) in [5, 5.41) is 3.19. The fourth-order valence-electron chi connectivity index (χ4n) is 2.79. The van der Waals surface area contributed by atoms with Crippen LogP contribution in [0.25, 0.3) is 0 Å². The lowest BCUT2D eigenvalue weighted by Crippen LogP contribution is -2.05. The van der Waals surface area contributed by atoms with E-state index >= 15 is 0 Å². The van der Waals surface area contributed by atoms with Gasteiger partial charge in [-0.3, -0.25) is 14.8 Å². The summed E-state index contributed by atoms with van der Waals surface area (Å²) in [6.45, 7) is 0.434. The minimum Gasteiger partial charge on any atom is -0.465 e. The lowest BCUT2D eigenvalue weighted by molar-refractivity contribution is 0.0591. The monoisotopic (exact) mass is 604 g/mol. The van der Waals surface area contributed by atoms with E-state index in [2.05, 4.69) is 24.8 Å². The minimum atomic E-state index is -0.460. The Morgan fingerprint density at radius 3 is 1.85 bits per heavy atom. The van der Waals surface area contributed by atoms with E-state index in [0.29, 0.717) is 41.0 Å². The van der Waals surface area contributed by atoms with Gasteiger partial charge in [-0.05, 0) is 60.7 Å². The smallest absolute Gasteiger partial charge is 0.339 e. The number of hydrogen-bond donors (Lipinski definition) is 2. The normalized spacial score (nSPS) is 9.71. The molecule has 0 spiro atoms. The Hall–Kier alpha value is -4.61. The molecular weight excluding hydrogens is 581 g/mol. The SMILES string of the molecule is COC(=O)c1ccc(C=O)nc1.COC(=O)c1ccc(CNc2ccc(F)c(Cl)c2)nc1.Nc1ccc(F)c(Cl)c1. The minimum absolute atomic E-state index is 0.0593. The number of esters is 2. The number of anilines is 2. The van der Waals surface area contributed by atoms with Crippen molar-refractivity contribution in [2.24, 2.45) is 0 Å². The van der Waals surface area contributed by atoms with Gasteiger partial charge in [-0.15, -0.1) is 0 Å². The van der Waals surface area contributed by atoms with Crippen molar-refractivity contribution in [2.45, 2.75) is 6.54 Å². The molecule has 0 radical (unpaired) electrons. The average Bonchev–Trinajstić information content (AvgIpc) is 3.00. The molecule has 41 heavy (non-hydrogen) atoms. The molecule has 3 N–H and O–H groups in total. The highest BCUT2D eigenvalue weighted by Crippen LogP contribution is 2.20. The molecule has 0 saturated carbocycles. The maximum absolute atomic E-state index is 13.0. The molecule has 0 bridgehead atoms. The van der Waals surface area contributed by atoms with Crippen LogP contribution in [0.3, 0.4) is 0 Å². The fourth-order valence-corrected chi connectivity index (χ4v) is 3.16. The van der Waals surface area contributed by atoms with Gasteiger partial charge in [0.05, 0.1) is 47.6 Å². The quantitative estimate of drug-likeness (QED) is 0.154. The van der Waals surface area contributed by atoms with Crippen molar-refractivity contribution >= 4 is 52.8 Å². The number of nitrogens with two attached hydrogens (primary N) is 1. The van der Waals surface area contributed by atoms with Gasteiger partial charge in [0.15, 0.2) is 6.29 Å². The molecule has 0 amide bonds. The molecule has 13 heteroatoms. The fraction of sp³-hybridized carbons (Fsp3) is 0.107. The highest BCUT2D eigenvalue weighted by molar-refractivity contribution is 6.31. The van der Waals surface area contributed by atoms with Crippen LogP contribution in [0.15, 0.2) is 73.1 Å². The third kappa shape index (κ3) is 10.8. The van der Waals surface area contributed by atoms with Gasteiger partial charge in [0.25, 0.3) is 0 Å². The molecule has 2 aromatic heterocycles. The molecule has 0 aliphatic carbocycles. The summed E-state index contributed by atoms with van der Waals surface area (Å²) in [4.78, 5) is 40.1. The van der Waals surface area contributed by atoms with E-state index in [1.54, 1.807) is 18.2 Å². The van der Waals surface area contributed by atoms with Crippen LogP contribution in [0, 0.1) is 11.6 Å². The van der Waals surface area contributed by atoms with Crippen molar-refractivity contribution < 1.29 is 32.6 Å². The molecule has 2 aromatic carbocycles. The van der Waals surface area contributed by atoms with Crippen LogP contribution in [-0.4, -0.2) is 42.4 Å². The van der Waals surface area contributed by atoms with E-state index in [-0.39, 0.29) is 10.0 Å². The highest BCUT2D eigenvalue weighted by atomic mass is 35.5. The van der Waals surface area contributed by atoms with Crippen molar-refractivity contribution in [1.82, 2.24) is 9.97 Å². The van der Waals surface area contributed by atoms with Crippen molar-refractivity contribution in [3.8, 4) is 0 Å². The Bertz CT molecular complexity index is 1470. The summed E-state index contributed by atoms with van der Waals surface area (Å²) in [6, 6.07) is 14.7. The molecule has 0 aliphatic heterocycles. The van der Waals surface area contributed by atoms with Gasteiger partial charge in [0, 0.05) is 23.8 Å². The third-order valence-corrected chi connectivity index (χ3v) is 5.49. The van der Waals surface area contributed by atoms with Crippen LogP contribution in [-0.2, 0) is 16.0 Å². The zero-order valence-electron chi connectivity index (χ0n) is 21.7. The van der Waals surface area contributed by atoms with Crippen LogP contribution in [0.1, 0.15) is 36.9 Å². The molecule has 0 fully saturated rings. The highest BCUT2D eigenvalue weighted by Gasteiger charge is 2.06. The Morgan fingerprint density at radius 1 is 0.854 bits per heavy atom. The van der Waals surface area contributed by atoms with E-state index in [9.17, 15) is 23.2 Å². The van der Waals surface area contributed by atoms with Crippen LogP contribution >= 0.6 is 23.2 Å². The molecule has 9 nitrogen and oxygen atoms in total. The number of nitrogen functional groups attached to an aromatic ring is 1. The van der Waals surface area contributed by atoms with Gasteiger partial charge >= 0.3 is 11.9 Å². The number of aromatic nitrogens is 2. The second kappa shape index (κ2) is 16.5. The number of hydrogen-bond acceptors (Lipinski definition) is 9. The summed E-state index contributed by atoms with van der Waals surface area (Å²) in [6.07, 6.45) is 3.36. The number of benzene rings is 2. The summed E-state index contributed by atoms with van der Waals surface area (Å²) < 4.78 is 34.3. The van der Waals surface area contributed by atoms with Gasteiger partial charge in [-0.1, -0.05) is 23.2 Å². The summed E-state index contributed by atoms with van der Waals surface area (Å²) in [7, 11) is 2.60. The summed E-state index contributed by atoms with van der Waals surface area (Å²) >= 11 is 11.0. The first-order chi connectivity index (χ1) is 19.6. The van der Waals surface area contributed by atoms with E-state index in [1.165, 1.54) is 69.1 Å². The first-order valence-corrected chi connectivity index (χ1v) is 12.3. The Morgan fingerprint density at radius 2 is 1.41 bits per heavy atom. The predicted octanol–water partition coefficient (Wildman–Crippen LogP) is 6.01. The zero-order chi connectivity index (χ0) is 30.4.